The lowest BCUT2D eigenvalue weighted by atomic mass is 10.1. The highest BCUT2D eigenvalue weighted by Gasteiger charge is 1.86. The average molecular weight is 235 g/mol. The Morgan fingerprint density at radius 3 is 1.76 bits per heavy atom. The minimum Gasteiger partial charge on any atom is -0.0885 e. The predicted octanol–water partition coefficient (Wildman–Crippen LogP) is 6.24. The van der Waals surface area contributed by atoms with Crippen LogP contribution in [0.3, 0.4) is 0 Å². The molecule has 0 heterocycles. The van der Waals surface area contributed by atoms with E-state index in [1.807, 2.05) is 0 Å². The van der Waals surface area contributed by atoms with Gasteiger partial charge in [0.05, 0.1) is 0 Å². The molecule has 99 valence electrons. The van der Waals surface area contributed by atoms with Crippen LogP contribution in [0, 0.1) is 6.92 Å². The van der Waals surface area contributed by atoms with Crippen LogP contribution in [0.2, 0.25) is 0 Å². The van der Waals surface area contributed by atoms with Gasteiger partial charge >= 0.3 is 0 Å². The molecule has 0 atom stereocenters. The molecule has 0 amide bonds. The Morgan fingerprint density at radius 1 is 0.647 bits per heavy atom. The molecule has 0 spiro atoms. The minimum atomic E-state index is 1.10. The highest BCUT2D eigenvalue weighted by molar-refractivity contribution is 4.85. The Kier molecular flexibility index (Phi) is 15.0. The molecule has 1 radical (unpaired) electrons. The Bertz CT molecular complexity index is 176. The van der Waals surface area contributed by atoms with Gasteiger partial charge in [-0.2, -0.15) is 0 Å². The first-order chi connectivity index (χ1) is 8.41. The van der Waals surface area contributed by atoms with Crippen LogP contribution >= 0.6 is 0 Å². The first kappa shape index (κ1) is 16.5. The SMILES string of the molecule is [CH2]CCCCCCC=CCCCC=CCCC. The molecule has 0 aromatic heterocycles. The second-order valence-electron chi connectivity index (χ2n) is 4.72. The summed E-state index contributed by atoms with van der Waals surface area (Å²) in [6.07, 6.45) is 23.4. The van der Waals surface area contributed by atoms with E-state index in [2.05, 4.69) is 38.2 Å². The van der Waals surface area contributed by atoms with Crippen molar-refractivity contribution in [1.82, 2.24) is 0 Å². The first-order valence-corrected chi connectivity index (χ1v) is 7.51. The van der Waals surface area contributed by atoms with Crippen LogP contribution in [-0.2, 0) is 0 Å². The largest absolute Gasteiger partial charge is 0.0885 e. The van der Waals surface area contributed by atoms with Gasteiger partial charge in [0.25, 0.3) is 0 Å². The van der Waals surface area contributed by atoms with Crippen molar-refractivity contribution >= 4 is 0 Å². The lowest BCUT2D eigenvalue weighted by Gasteiger charge is -1.96. The van der Waals surface area contributed by atoms with Gasteiger partial charge in [0.15, 0.2) is 0 Å². The molecule has 0 aromatic carbocycles. The molecular formula is C17H31. The second-order valence-corrected chi connectivity index (χ2v) is 4.72. The summed E-state index contributed by atoms with van der Waals surface area (Å²) in [5, 5.41) is 0. The van der Waals surface area contributed by atoms with Crippen molar-refractivity contribution in [3.05, 3.63) is 31.2 Å². The Hall–Kier alpha value is -0.520. The second kappa shape index (κ2) is 15.5. The van der Waals surface area contributed by atoms with Gasteiger partial charge in [0, 0.05) is 0 Å². The fourth-order valence-electron chi connectivity index (χ4n) is 1.78. The summed E-state index contributed by atoms with van der Waals surface area (Å²) in [6, 6.07) is 0. The molecular weight excluding hydrogens is 204 g/mol. The summed E-state index contributed by atoms with van der Waals surface area (Å²) in [5.41, 5.74) is 0. The maximum absolute atomic E-state index is 3.86. The fraction of sp³-hybridized carbons (Fsp3) is 0.706. The van der Waals surface area contributed by atoms with Gasteiger partial charge in [-0.05, 0) is 38.5 Å². The summed E-state index contributed by atoms with van der Waals surface area (Å²) in [5.74, 6) is 0. The molecule has 0 saturated heterocycles. The van der Waals surface area contributed by atoms with Crippen molar-refractivity contribution in [2.75, 3.05) is 0 Å². The van der Waals surface area contributed by atoms with E-state index in [1.54, 1.807) is 0 Å². The van der Waals surface area contributed by atoms with E-state index in [-0.39, 0.29) is 0 Å². The molecule has 0 bridgehead atoms. The van der Waals surface area contributed by atoms with Crippen molar-refractivity contribution in [1.29, 1.82) is 0 Å². The van der Waals surface area contributed by atoms with Crippen LogP contribution in [0.1, 0.15) is 77.6 Å². The van der Waals surface area contributed by atoms with Crippen molar-refractivity contribution in [2.24, 2.45) is 0 Å². The highest BCUT2D eigenvalue weighted by Crippen LogP contribution is 2.06. The topological polar surface area (TPSA) is 0 Å². The van der Waals surface area contributed by atoms with E-state index in [9.17, 15) is 0 Å². The molecule has 0 aromatic rings. The average Bonchev–Trinajstić information content (AvgIpc) is 2.35. The van der Waals surface area contributed by atoms with Gasteiger partial charge < -0.3 is 0 Å². The van der Waals surface area contributed by atoms with Gasteiger partial charge in [0.1, 0.15) is 0 Å². The lowest BCUT2D eigenvalue weighted by Crippen LogP contribution is -1.76. The van der Waals surface area contributed by atoms with Gasteiger partial charge in [-0.1, -0.05) is 70.3 Å². The zero-order valence-electron chi connectivity index (χ0n) is 11.8. The lowest BCUT2D eigenvalue weighted by molar-refractivity contribution is 0.651. The summed E-state index contributed by atoms with van der Waals surface area (Å²) in [6.45, 7) is 6.09. The van der Waals surface area contributed by atoms with Gasteiger partial charge in [-0.15, -0.1) is 0 Å². The molecule has 0 nitrogen and oxygen atoms in total. The van der Waals surface area contributed by atoms with E-state index in [0.29, 0.717) is 0 Å². The van der Waals surface area contributed by atoms with E-state index in [0.717, 1.165) is 6.42 Å². The fourth-order valence-corrected chi connectivity index (χ4v) is 1.78. The van der Waals surface area contributed by atoms with Gasteiger partial charge in [0.2, 0.25) is 0 Å². The first-order valence-electron chi connectivity index (χ1n) is 7.51. The molecule has 0 rings (SSSR count). The third-order valence-corrected chi connectivity index (χ3v) is 2.90. The molecule has 0 aliphatic heterocycles. The summed E-state index contributed by atoms with van der Waals surface area (Å²) in [4.78, 5) is 0. The number of hydrogen-bond donors (Lipinski definition) is 0. The number of hydrogen-bond acceptors (Lipinski definition) is 0. The molecule has 17 heavy (non-hydrogen) atoms. The molecule has 0 heteroatoms. The van der Waals surface area contributed by atoms with Crippen molar-refractivity contribution < 1.29 is 0 Å². The third-order valence-electron chi connectivity index (χ3n) is 2.90. The maximum Gasteiger partial charge on any atom is -0.0348 e. The maximum atomic E-state index is 3.86. The quantitative estimate of drug-likeness (QED) is 0.277. The summed E-state index contributed by atoms with van der Waals surface area (Å²) < 4.78 is 0. The third kappa shape index (κ3) is 15.5. The predicted molar refractivity (Wildman–Crippen MR) is 80.1 cm³/mol. The van der Waals surface area contributed by atoms with Crippen LogP contribution in [0.15, 0.2) is 24.3 Å². The van der Waals surface area contributed by atoms with Crippen LogP contribution in [-0.4, -0.2) is 0 Å². The summed E-state index contributed by atoms with van der Waals surface area (Å²) >= 11 is 0. The van der Waals surface area contributed by atoms with Crippen molar-refractivity contribution in [3.63, 3.8) is 0 Å². The highest BCUT2D eigenvalue weighted by atomic mass is 13.9. The Labute approximate surface area is 109 Å². The monoisotopic (exact) mass is 235 g/mol. The van der Waals surface area contributed by atoms with E-state index < -0.39 is 0 Å². The minimum absolute atomic E-state index is 1.10. The standard InChI is InChI=1S/C17H31/c1-3-5-7-9-11-13-15-17-16-14-12-10-8-6-4-2/h8,10,15,17H,1,3-7,9,11-14,16H2,2H3. The zero-order valence-corrected chi connectivity index (χ0v) is 11.8. The van der Waals surface area contributed by atoms with E-state index >= 15 is 0 Å². The molecule has 0 N–H and O–H groups in total. The zero-order chi connectivity index (χ0) is 12.6. The van der Waals surface area contributed by atoms with Crippen LogP contribution in [0.25, 0.3) is 0 Å². The van der Waals surface area contributed by atoms with Gasteiger partial charge in [-0.25, -0.2) is 0 Å². The molecule has 0 unspecified atom stereocenters. The smallest absolute Gasteiger partial charge is 0.0348 e. The van der Waals surface area contributed by atoms with Crippen molar-refractivity contribution in [3.8, 4) is 0 Å². The molecule has 0 aliphatic carbocycles. The van der Waals surface area contributed by atoms with Crippen LogP contribution in [0.5, 0.6) is 0 Å². The number of rotatable bonds is 12. The van der Waals surface area contributed by atoms with Crippen molar-refractivity contribution in [2.45, 2.75) is 77.6 Å². The summed E-state index contributed by atoms with van der Waals surface area (Å²) in [7, 11) is 0. The van der Waals surface area contributed by atoms with Gasteiger partial charge in [-0.3, -0.25) is 0 Å². The van der Waals surface area contributed by atoms with Crippen LogP contribution < -0.4 is 0 Å². The molecule has 0 saturated carbocycles. The molecule has 0 aliphatic rings. The number of allylic oxidation sites excluding steroid dienone is 4. The Balaban J connectivity index is 3.09. The molecule has 0 fully saturated rings. The number of unbranched alkanes of at least 4 members (excludes halogenated alkanes) is 8. The van der Waals surface area contributed by atoms with Crippen LogP contribution in [0.4, 0.5) is 0 Å². The Morgan fingerprint density at radius 2 is 1.18 bits per heavy atom. The normalized spacial score (nSPS) is 11.9. The van der Waals surface area contributed by atoms with E-state index in [1.165, 1.54) is 64.2 Å². The van der Waals surface area contributed by atoms with E-state index in [4.69, 9.17) is 0 Å².